The van der Waals surface area contributed by atoms with Gasteiger partial charge in [0.25, 0.3) is 0 Å². The van der Waals surface area contributed by atoms with Gasteiger partial charge >= 0.3 is 11.7 Å². The first-order valence-corrected chi connectivity index (χ1v) is 24.1. The average Bonchev–Trinajstić information content (AvgIpc) is 4.33. The molecule has 0 bridgehead atoms. The first kappa shape index (κ1) is 38.9. The molecule has 10 nitrogen and oxygen atoms in total. The number of aromatic nitrogens is 8. The minimum absolute atomic E-state index is 0.564. The van der Waals surface area contributed by atoms with Crippen molar-refractivity contribution >= 4 is 110 Å². The van der Waals surface area contributed by atoms with E-state index >= 15 is 0 Å². The highest BCUT2D eigenvalue weighted by molar-refractivity contribution is 6.13. The molecule has 0 amide bonds. The quantitative estimate of drug-likeness (QED) is 0.176. The molecule has 8 heterocycles. The predicted molar refractivity (Wildman–Crippen MR) is 290 cm³/mol. The molecule has 0 N–H and O–H groups in total. The summed E-state index contributed by atoms with van der Waals surface area (Å²) in [5, 5.41) is 9.65. The van der Waals surface area contributed by atoms with Crippen molar-refractivity contribution in [1.82, 2.24) is 37.0 Å². The molecule has 8 aromatic heterocycles. The van der Waals surface area contributed by atoms with E-state index in [1.165, 1.54) is 43.1 Å². The van der Waals surface area contributed by atoms with E-state index in [1.807, 2.05) is 28.8 Å². The third kappa shape index (κ3) is 5.26. The number of para-hydroxylation sites is 10. The van der Waals surface area contributed by atoms with Crippen LogP contribution >= 0.6 is 0 Å². The summed E-state index contributed by atoms with van der Waals surface area (Å²) < 4.78 is 25.5. The van der Waals surface area contributed by atoms with E-state index in [9.17, 15) is 0 Å². The highest BCUT2D eigenvalue weighted by Crippen LogP contribution is 2.41. The number of imidazole rings is 2. The van der Waals surface area contributed by atoms with Crippen molar-refractivity contribution in [2.75, 3.05) is 0 Å². The first-order valence-electron chi connectivity index (χ1n) is 24.1. The van der Waals surface area contributed by atoms with E-state index in [0.29, 0.717) is 11.7 Å². The number of rotatable bonds is 4. The first-order chi connectivity index (χ1) is 35.8. The number of fused-ring (bicyclic) bond motifs is 16. The molecule has 9 aromatic carbocycles. The van der Waals surface area contributed by atoms with E-state index < -0.39 is 0 Å². The Balaban J connectivity index is 0.000000124. The second kappa shape index (κ2) is 14.7. The number of nitrogens with zero attached hydrogens (tertiary/aromatic N) is 8. The van der Waals surface area contributed by atoms with Crippen molar-refractivity contribution in [3.63, 3.8) is 0 Å². The molecule has 0 radical (unpaired) electrons. The molecular weight excluding hydrogens is 889 g/mol. The Morgan fingerprint density at radius 2 is 0.597 bits per heavy atom. The summed E-state index contributed by atoms with van der Waals surface area (Å²) in [6, 6.07) is 76.5. The Hall–Kier alpha value is -10.1. The molecular formula is C62H38N8O2. The van der Waals surface area contributed by atoms with E-state index in [4.69, 9.17) is 18.8 Å². The minimum Gasteiger partial charge on any atom is -0.432 e. The number of oxazole rings is 2. The summed E-state index contributed by atoms with van der Waals surface area (Å²) in [5.41, 5.74) is 10.8. The van der Waals surface area contributed by atoms with Crippen LogP contribution < -0.4 is 0 Å². The van der Waals surface area contributed by atoms with Gasteiger partial charge in [-0.3, -0.25) is 18.3 Å². The van der Waals surface area contributed by atoms with Crippen molar-refractivity contribution in [1.29, 1.82) is 0 Å². The van der Waals surface area contributed by atoms with Crippen LogP contribution in [0.1, 0.15) is 0 Å². The summed E-state index contributed by atoms with van der Waals surface area (Å²) in [6.45, 7) is 0. The van der Waals surface area contributed by atoms with E-state index in [2.05, 4.69) is 223 Å². The van der Waals surface area contributed by atoms with Gasteiger partial charge in [-0.25, -0.2) is 8.80 Å². The van der Waals surface area contributed by atoms with Crippen molar-refractivity contribution in [3.05, 3.63) is 231 Å². The molecule has 0 unspecified atom stereocenters. The Labute approximate surface area is 408 Å². The van der Waals surface area contributed by atoms with Crippen LogP contribution in [-0.2, 0) is 0 Å². The highest BCUT2D eigenvalue weighted by Gasteiger charge is 2.28. The van der Waals surface area contributed by atoms with Gasteiger partial charge < -0.3 is 8.83 Å². The molecule has 0 aliphatic rings. The lowest BCUT2D eigenvalue weighted by Gasteiger charge is -2.12. The molecule has 338 valence electrons. The Bertz CT molecular complexity index is 4810. The molecule has 0 atom stereocenters. The maximum atomic E-state index is 6.34. The summed E-state index contributed by atoms with van der Waals surface area (Å²) in [6.07, 6.45) is 3.63. The summed E-state index contributed by atoms with van der Waals surface area (Å²) in [7, 11) is 0. The van der Waals surface area contributed by atoms with Crippen LogP contribution in [0.15, 0.2) is 240 Å². The molecule has 0 saturated carbocycles. The van der Waals surface area contributed by atoms with Crippen LogP contribution in [0.25, 0.3) is 133 Å². The van der Waals surface area contributed by atoms with Crippen molar-refractivity contribution in [3.8, 4) is 23.3 Å². The van der Waals surface area contributed by atoms with Gasteiger partial charge in [0, 0.05) is 43.1 Å². The number of benzene rings is 9. The molecule has 10 heteroatoms. The average molecular weight is 927 g/mol. The molecule has 0 fully saturated rings. The lowest BCUT2D eigenvalue weighted by Crippen LogP contribution is -2.05. The van der Waals surface area contributed by atoms with Crippen molar-refractivity contribution in [2.45, 2.75) is 0 Å². The molecule has 0 spiro atoms. The zero-order valence-electron chi connectivity index (χ0n) is 38.3. The van der Waals surface area contributed by atoms with Gasteiger partial charge in [-0.05, 0) is 60.7 Å². The number of hydrogen-bond donors (Lipinski definition) is 0. The topological polar surface area (TPSA) is 80.6 Å². The van der Waals surface area contributed by atoms with Crippen LogP contribution in [0, 0.1) is 0 Å². The van der Waals surface area contributed by atoms with Gasteiger partial charge in [-0.15, -0.1) is 0 Å². The van der Waals surface area contributed by atoms with Crippen LogP contribution in [0.3, 0.4) is 0 Å². The van der Waals surface area contributed by atoms with E-state index in [-0.39, 0.29) is 0 Å². The van der Waals surface area contributed by atoms with Crippen LogP contribution in [0.5, 0.6) is 0 Å². The molecule has 17 rings (SSSR count). The van der Waals surface area contributed by atoms with Gasteiger partial charge in [0.15, 0.2) is 28.9 Å². The molecule has 72 heavy (non-hydrogen) atoms. The highest BCUT2D eigenvalue weighted by atomic mass is 16.4. The fraction of sp³-hybridized carbons (Fsp3) is 0. The SMILES string of the molecule is c1ccc2c(c1)c1ccccc1n2-c1nc2occn2c1-n1c2ccccc2c2ccccc21.c1ccc2c(c1)oc1nc(-n3c4ccccc4c4ccccc43)c(-n3c4ccccc4c4ccccc43)n12. The van der Waals surface area contributed by atoms with Gasteiger partial charge in [-0.2, -0.15) is 9.97 Å². The summed E-state index contributed by atoms with van der Waals surface area (Å²) in [5.74, 6) is 4.71. The van der Waals surface area contributed by atoms with Gasteiger partial charge in [0.1, 0.15) is 6.26 Å². The van der Waals surface area contributed by atoms with Crippen molar-refractivity contribution < 1.29 is 8.83 Å². The second-order valence-corrected chi connectivity index (χ2v) is 18.2. The predicted octanol–water partition coefficient (Wildman–Crippen LogP) is 15.4. The standard InChI is InChI=1S/C33H20N4O.C29H18N4O/c1-5-15-25-21(11-1)22-12-2-6-16-26(22)35(25)31-32(37-29-19-9-10-20-30(29)38-33(37)34-31)36-27-17-7-3-13-23(27)24-14-4-8-18-28(24)36;1-5-13-23-19(9-1)20-10-2-6-14-24(20)32(23)27-28(31-17-18-34-29(31)30-27)33-25-15-7-3-11-21(25)22-12-4-8-16-26(22)33/h1-20H;1-18H. The minimum atomic E-state index is 0.564. The zero-order valence-corrected chi connectivity index (χ0v) is 38.3. The summed E-state index contributed by atoms with van der Waals surface area (Å²) in [4.78, 5) is 10.2. The maximum Gasteiger partial charge on any atom is 0.310 e. The number of hydrogen-bond acceptors (Lipinski definition) is 4. The fourth-order valence-corrected chi connectivity index (χ4v) is 11.6. The third-order valence-electron chi connectivity index (χ3n) is 14.5. The molecule has 0 aliphatic carbocycles. The largest absolute Gasteiger partial charge is 0.432 e. The fourth-order valence-electron chi connectivity index (χ4n) is 11.6. The van der Waals surface area contributed by atoms with Gasteiger partial charge in [0.2, 0.25) is 0 Å². The second-order valence-electron chi connectivity index (χ2n) is 18.2. The van der Waals surface area contributed by atoms with Crippen LogP contribution in [0.4, 0.5) is 0 Å². The Morgan fingerprint density at radius 3 is 1.00 bits per heavy atom. The Kier molecular flexibility index (Phi) is 7.95. The third-order valence-corrected chi connectivity index (χ3v) is 14.5. The lowest BCUT2D eigenvalue weighted by molar-refractivity contribution is 0.595. The lowest BCUT2D eigenvalue weighted by atomic mass is 10.2. The van der Waals surface area contributed by atoms with Crippen molar-refractivity contribution in [2.24, 2.45) is 0 Å². The molecule has 0 aliphatic heterocycles. The van der Waals surface area contributed by atoms with E-state index in [0.717, 1.165) is 78.5 Å². The zero-order chi connectivity index (χ0) is 47.0. The van der Waals surface area contributed by atoms with Gasteiger partial charge in [0.05, 0.1) is 55.8 Å². The maximum absolute atomic E-state index is 6.34. The smallest absolute Gasteiger partial charge is 0.310 e. The normalized spacial score (nSPS) is 12.2. The monoisotopic (exact) mass is 926 g/mol. The molecule has 0 saturated heterocycles. The van der Waals surface area contributed by atoms with E-state index in [1.54, 1.807) is 6.26 Å². The van der Waals surface area contributed by atoms with Crippen LogP contribution in [-0.4, -0.2) is 37.0 Å². The van der Waals surface area contributed by atoms with Gasteiger partial charge in [-0.1, -0.05) is 158 Å². The summed E-state index contributed by atoms with van der Waals surface area (Å²) >= 11 is 0. The Morgan fingerprint density at radius 1 is 0.292 bits per heavy atom. The molecule has 17 aromatic rings. The van der Waals surface area contributed by atoms with Crippen LogP contribution in [0.2, 0.25) is 0 Å².